The van der Waals surface area contributed by atoms with Gasteiger partial charge in [-0.1, -0.05) is 11.6 Å². The fourth-order valence-corrected chi connectivity index (χ4v) is 3.55. The van der Waals surface area contributed by atoms with Crippen molar-refractivity contribution in [1.82, 2.24) is 18.8 Å². The number of hydrogen-bond donors (Lipinski definition) is 5. The van der Waals surface area contributed by atoms with Crippen LogP contribution in [-0.2, 0) is 4.74 Å². The van der Waals surface area contributed by atoms with Crippen LogP contribution in [0.1, 0.15) is 16.6 Å². The number of benzene rings is 1. The minimum absolute atomic E-state index is 0.0199. The van der Waals surface area contributed by atoms with E-state index < -0.39 is 65.4 Å². The van der Waals surface area contributed by atoms with Gasteiger partial charge in [0, 0.05) is 10.6 Å². The normalized spacial score (nSPS) is 23.5. The second-order valence-corrected chi connectivity index (χ2v) is 7.28. The van der Waals surface area contributed by atoms with E-state index in [1.807, 2.05) is 0 Å². The first-order chi connectivity index (χ1) is 14.7. The van der Waals surface area contributed by atoms with Crippen molar-refractivity contribution in [3.63, 3.8) is 0 Å². The Morgan fingerprint density at radius 3 is 2.42 bits per heavy atom. The highest BCUT2D eigenvalue weighted by molar-refractivity contribution is 6.30. The number of rotatable bonds is 3. The van der Waals surface area contributed by atoms with Gasteiger partial charge in [-0.25, -0.2) is 13.9 Å². The molecule has 1 fully saturated rings. The summed E-state index contributed by atoms with van der Waals surface area (Å²) >= 11 is 5.83. The average molecular weight is 453 g/mol. The highest BCUT2D eigenvalue weighted by Gasteiger charge is 2.45. The van der Waals surface area contributed by atoms with E-state index in [1.165, 1.54) is 24.3 Å². The lowest BCUT2D eigenvalue weighted by atomic mass is 10.1. The topological polar surface area (TPSA) is 201 Å². The number of anilines is 1. The van der Waals surface area contributed by atoms with Crippen molar-refractivity contribution < 1.29 is 24.9 Å². The van der Waals surface area contributed by atoms with Gasteiger partial charge in [-0.3, -0.25) is 9.59 Å². The van der Waals surface area contributed by atoms with E-state index >= 15 is 0 Å². The van der Waals surface area contributed by atoms with E-state index in [-0.39, 0.29) is 5.56 Å². The molecule has 31 heavy (non-hydrogen) atoms. The fraction of sp³-hybridized carbons (Fsp3) is 0.294. The maximum absolute atomic E-state index is 13.3. The Balaban J connectivity index is 2.02. The van der Waals surface area contributed by atoms with Crippen molar-refractivity contribution in [3.05, 3.63) is 55.7 Å². The van der Waals surface area contributed by atoms with E-state index in [0.29, 0.717) is 18.8 Å². The highest BCUT2D eigenvalue weighted by Crippen LogP contribution is 2.30. The van der Waals surface area contributed by atoms with E-state index in [0.717, 1.165) is 0 Å². The monoisotopic (exact) mass is 452 g/mol. The molecular weight excluding hydrogens is 436 g/mol. The molecule has 4 atom stereocenters. The minimum Gasteiger partial charge on any atom is -0.394 e. The molecule has 0 radical (unpaired) electrons. The van der Waals surface area contributed by atoms with E-state index in [9.17, 15) is 29.7 Å². The average Bonchev–Trinajstić information content (AvgIpc) is 3.19. The van der Waals surface area contributed by atoms with Crippen LogP contribution in [0.4, 0.5) is 5.95 Å². The van der Waals surface area contributed by atoms with Crippen LogP contribution in [0, 0.1) is 0 Å². The molecule has 1 saturated heterocycles. The summed E-state index contributed by atoms with van der Waals surface area (Å²) in [6, 6.07) is 5.53. The molecule has 2 aromatic heterocycles. The van der Waals surface area contributed by atoms with E-state index in [1.54, 1.807) is 0 Å². The SMILES string of the molecule is Nc1nc2c(c(=O)n1N)n(C(=O)c1ccc(Cl)cc1)c(=O)n2[C@@H]1O[C@H](CO)[C@@H](O)[C@H]1O. The summed E-state index contributed by atoms with van der Waals surface area (Å²) in [6.45, 7) is -0.656. The smallest absolute Gasteiger partial charge is 0.339 e. The molecule has 1 aliphatic heterocycles. The molecule has 0 spiro atoms. The third kappa shape index (κ3) is 3.10. The Labute approximate surface area is 177 Å². The zero-order chi connectivity index (χ0) is 22.6. The number of ether oxygens (including phenoxy) is 1. The van der Waals surface area contributed by atoms with Crippen LogP contribution in [0.3, 0.4) is 0 Å². The third-order valence-electron chi connectivity index (χ3n) is 5.02. The second kappa shape index (κ2) is 7.47. The van der Waals surface area contributed by atoms with Gasteiger partial charge in [0.25, 0.3) is 11.5 Å². The van der Waals surface area contributed by atoms with Gasteiger partial charge in [-0.2, -0.15) is 9.66 Å². The predicted octanol–water partition coefficient (Wildman–Crippen LogP) is -2.39. The van der Waals surface area contributed by atoms with Gasteiger partial charge in [-0.15, -0.1) is 0 Å². The maximum Gasteiger partial charge on any atom is 0.339 e. The molecule has 3 heterocycles. The number of imidazole rings is 1. The molecule has 4 rings (SSSR count). The molecule has 0 saturated carbocycles. The van der Waals surface area contributed by atoms with Gasteiger partial charge in [0.1, 0.15) is 18.3 Å². The number of halogens is 1. The number of nitrogen functional groups attached to an aromatic ring is 2. The second-order valence-electron chi connectivity index (χ2n) is 6.85. The van der Waals surface area contributed by atoms with Crippen molar-refractivity contribution >= 4 is 34.6 Å². The first-order valence-corrected chi connectivity index (χ1v) is 9.28. The van der Waals surface area contributed by atoms with Gasteiger partial charge in [0.05, 0.1) is 6.61 Å². The van der Waals surface area contributed by atoms with Crippen LogP contribution in [0.2, 0.25) is 5.02 Å². The van der Waals surface area contributed by atoms with Gasteiger partial charge in [0.2, 0.25) is 5.95 Å². The summed E-state index contributed by atoms with van der Waals surface area (Å²) in [7, 11) is 0. The third-order valence-corrected chi connectivity index (χ3v) is 5.27. The lowest BCUT2D eigenvalue weighted by molar-refractivity contribution is -0.0526. The number of hydrogen-bond acceptors (Lipinski definition) is 10. The predicted molar refractivity (Wildman–Crippen MR) is 107 cm³/mol. The number of aromatic nitrogens is 4. The summed E-state index contributed by atoms with van der Waals surface area (Å²) < 4.78 is 7.07. The molecule has 164 valence electrons. The van der Waals surface area contributed by atoms with Gasteiger partial charge >= 0.3 is 5.69 Å². The van der Waals surface area contributed by atoms with Crippen molar-refractivity contribution in [2.75, 3.05) is 18.2 Å². The number of aliphatic hydroxyl groups excluding tert-OH is 3. The zero-order valence-electron chi connectivity index (χ0n) is 15.6. The van der Waals surface area contributed by atoms with Gasteiger partial charge in [-0.05, 0) is 24.3 Å². The van der Waals surface area contributed by atoms with Crippen molar-refractivity contribution in [3.8, 4) is 0 Å². The largest absolute Gasteiger partial charge is 0.394 e. The maximum atomic E-state index is 13.3. The van der Waals surface area contributed by atoms with Crippen LogP contribution in [-0.4, -0.2) is 64.9 Å². The molecule has 14 heteroatoms. The Bertz CT molecular complexity index is 1300. The number of fused-ring (bicyclic) bond motifs is 1. The standard InChI is InChI=1S/C17H17ClN6O7/c18-7-3-1-6(2-4-7)13(28)22-9-12(21-16(19)24(20)14(9)29)23(17(22)30)15-11(27)10(26)8(5-25)31-15/h1-4,8,10-11,15,25-27H,5,20H2,(H2,19,21)/t8-,10-,11-,15-/m1/s1. The molecular formula is C17H17ClN6O7. The Morgan fingerprint density at radius 2 is 1.84 bits per heavy atom. The molecule has 1 aromatic carbocycles. The number of aliphatic hydroxyl groups is 3. The lowest BCUT2D eigenvalue weighted by Gasteiger charge is -2.15. The van der Waals surface area contributed by atoms with Crippen molar-refractivity contribution in [1.29, 1.82) is 0 Å². The molecule has 1 aliphatic rings. The molecule has 13 nitrogen and oxygen atoms in total. The van der Waals surface area contributed by atoms with E-state index in [4.69, 9.17) is 27.9 Å². The Kier molecular flexibility index (Phi) is 5.07. The zero-order valence-corrected chi connectivity index (χ0v) is 16.4. The van der Waals surface area contributed by atoms with Crippen molar-refractivity contribution in [2.45, 2.75) is 24.5 Å². The van der Waals surface area contributed by atoms with Crippen molar-refractivity contribution in [2.24, 2.45) is 0 Å². The van der Waals surface area contributed by atoms with Crippen LogP contribution in [0.5, 0.6) is 0 Å². The Morgan fingerprint density at radius 1 is 1.19 bits per heavy atom. The number of carbonyl (C=O) groups is 1. The quantitative estimate of drug-likeness (QED) is 0.267. The lowest BCUT2D eigenvalue weighted by Crippen LogP contribution is -2.37. The number of carbonyl (C=O) groups excluding carboxylic acids is 1. The van der Waals surface area contributed by atoms with Gasteiger partial charge < -0.3 is 31.6 Å². The fourth-order valence-electron chi connectivity index (χ4n) is 3.42. The van der Waals surface area contributed by atoms with Crippen LogP contribution in [0.25, 0.3) is 11.2 Å². The summed E-state index contributed by atoms with van der Waals surface area (Å²) in [4.78, 5) is 43.1. The van der Waals surface area contributed by atoms with Crippen LogP contribution < -0.4 is 22.8 Å². The minimum atomic E-state index is -1.68. The summed E-state index contributed by atoms with van der Waals surface area (Å²) in [5, 5.41) is 30.1. The summed E-state index contributed by atoms with van der Waals surface area (Å²) in [5.74, 6) is 4.21. The highest BCUT2D eigenvalue weighted by atomic mass is 35.5. The molecule has 0 unspecified atom stereocenters. The molecule has 0 bridgehead atoms. The summed E-state index contributed by atoms with van der Waals surface area (Å²) in [6.07, 6.45) is -6.01. The summed E-state index contributed by atoms with van der Waals surface area (Å²) in [5.41, 5.74) is 2.65. The van der Waals surface area contributed by atoms with Crippen LogP contribution in [0.15, 0.2) is 33.9 Å². The molecule has 0 aliphatic carbocycles. The first-order valence-electron chi connectivity index (χ1n) is 8.90. The molecule has 0 amide bonds. The Hall–Kier alpha value is -3.23. The number of nitrogens with two attached hydrogens (primary N) is 2. The van der Waals surface area contributed by atoms with E-state index in [2.05, 4.69) is 4.98 Å². The molecule has 7 N–H and O–H groups in total. The number of nitrogens with zero attached hydrogens (tertiary/aromatic N) is 4. The van der Waals surface area contributed by atoms with Gasteiger partial charge in [0.15, 0.2) is 17.4 Å². The van der Waals surface area contributed by atoms with Crippen LogP contribution >= 0.6 is 11.6 Å². The first kappa shape index (κ1) is 21.0. The molecule has 3 aromatic rings.